The normalized spacial score (nSPS) is 24.2. The van der Waals surface area contributed by atoms with Crippen molar-refractivity contribution in [1.29, 1.82) is 5.26 Å². The Kier molecular flexibility index (Phi) is 3.37. The Bertz CT molecular complexity index is 428. The summed E-state index contributed by atoms with van der Waals surface area (Å²) in [6.45, 7) is 2.89. The lowest BCUT2D eigenvalue weighted by atomic mass is 10.2. The number of hydrogen-bond acceptors (Lipinski definition) is 4. The summed E-state index contributed by atoms with van der Waals surface area (Å²) in [6, 6.07) is 7.68. The first-order valence-electron chi connectivity index (χ1n) is 5.29. The van der Waals surface area contributed by atoms with Crippen LogP contribution in [-0.2, 0) is 4.74 Å². The van der Waals surface area contributed by atoms with E-state index in [2.05, 4.69) is 13.0 Å². The van der Waals surface area contributed by atoms with Gasteiger partial charge in [-0.05, 0) is 25.5 Å². The van der Waals surface area contributed by atoms with Gasteiger partial charge in [-0.2, -0.15) is 5.26 Å². The third kappa shape index (κ3) is 2.16. The quantitative estimate of drug-likeness (QED) is 0.798. The summed E-state index contributed by atoms with van der Waals surface area (Å²) in [4.78, 5) is 0.987. The predicted molar refractivity (Wildman–Crippen MR) is 65.2 cm³/mol. The number of benzene rings is 1. The summed E-state index contributed by atoms with van der Waals surface area (Å²) in [5.74, 6) is 0. The Balaban J connectivity index is 2.19. The smallest absolute Gasteiger partial charge is 0.101 e. The van der Waals surface area contributed by atoms with E-state index >= 15 is 0 Å². The number of hydrogen-bond donors (Lipinski definition) is 1. The summed E-state index contributed by atoms with van der Waals surface area (Å²) >= 11 is 1.71. The van der Waals surface area contributed by atoms with Gasteiger partial charge in [0.1, 0.15) is 6.07 Å². The molecule has 84 valence electrons. The first-order chi connectivity index (χ1) is 7.72. The Morgan fingerprint density at radius 1 is 1.56 bits per heavy atom. The summed E-state index contributed by atoms with van der Waals surface area (Å²) < 4.78 is 5.51. The lowest BCUT2D eigenvalue weighted by Crippen LogP contribution is -2.13. The van der Waals surface area contributed by atoms with Crippen LogP contribution in [0.2, 0.25) is 0 Å². The van der Waals surface area contributed by atoms with Crippen LogP contribution in [0.3, 0.4) is 0 Å². The number of ether oxygens (including phenoxy) is 1. The average molecular weight is 234 g/mol. The van der Waals surface area contributed by atoms with Crippen molar-refractivity contribution in [3.8, 4) is 6.07 Å². The molecule has 0 spiro atoms. The summed E-state index contributed by atoms with van der Waals surface area (Å²) in [5.41, 5.74) is 7.08. The van der Waals surface area contributed by atoms with Crippen LogP contribution in [0.25, 0.3) is 0 Å². The molecule has 1 aliphatic heterocycles. The van der Waals surface area contributed by atoms with Gasteiger partial charge in [0.15, 0.2) is 0 Å². The van der Waals surface area contributed by atoms with Crippen LogP contribution >= 0.6 is 11.8 Å². The molecule has 1 aliphatic rings. The van der Waals surface area contributed by atoms with Gasteiger partial charge in [0.05, 0.1) is 17.4 Å². The molecule has 16 heavy (non-hydrogen) atoms. The molecular weight excluding hydrogens is 220 g/mol. The molecule has 1 saturated heterocycles. The third-order valence-electron chi connectivity index (χ3n) is 2.77. The van der Waals surface area contributed by atoms with Crippen molar-refractivity contribution < 1.29 is 4.74 Å². The van der Waals surface area contributed by atoms with Crippen LogP contribution in [0.5, 0.6) is 0 Å². The van der Waals surface area contributed by atoms with E-state index in [1.807, 2.05) is 12.1 Å². The van der Waals surface area contributed by atoms with Gasteiger partial charge >= 0.3 is 0 Å². The molecule has 0 aliphatic carbocycles. The highest BCUT2D eigenvalue weighted by Gasteiger charge is 2.25. The lowest BCUT2D eigenvalue weighted by Gasteiger charge is -2.15. The Labute approximate surface area is 99.6 Å². The number of nitrogens with zero attached hydrogens (tertiary/aromatic N) is 1. The Morgan fingerprint density at radius 2 is 2.38 bits per heavy atom. The van der Waals surface area contributed by atoms with Gasteiger partial charge in [0, 0.05) is 16.8 Å². The lowest BCUT2D eigenvalue weighted by molar-refractivity contribution is 0.127. The van der Waals surface area contributed by atoms with E-state index in [0.717, 1.165) is 17.9 Å². The molecule has 4 heteroatoms. The van der Waals surface area contributed by atoms with Crippen LogP contribution in [0.1, 0.15) is 18.9 Å². The molecule has 0 aromatic heterocycles. The summed E-state index contributed by atoms with van der Waals surface area (Å²) in [6.07, 6.45) is 1.30. The second-order valence-corrected chi connectivity index (χ2v) is 5.13. The molecule has 3 nitrogen and oxygen atoms in total. The van der Waals surface area contributed by atoms with Crippen molar-refractivity contribution in [1.82, 2.24) is 0 Å². The first-order valence-corrected chi connectivity index (χ1v) is 6.17. The number of thioether (sulfide) groups is 1. The van der Waals surface area contributed by atoms with Crippen molar-refractivity contribution in [2.45, 2.75) is 29.6 Å². The molecule has 2 N–H and O–H groups in total. The zero-order chi connectivity index (χ0) is 11.5. The van der Waals surface area contributed by atoms with Gasteiger partial charge in [-0.3, -0.25) is 0 Å². The highest BCUT2D eigenvalue weighted by atomic mass is 32.2. The number of nitriles is 1. The van der Waals surface area contributed by atoms with Crippen molar-refractivity contribution in [2.75, 3.05) is 12.3 Å². The van der Waals surface area contributed by atoms with Crippen molar-refractivity contribution in [3.05, 3.63) is 23.8 Å². The number of rotatable bonds is 2. The molecule has 0 radical (unpaired) electrons. The minimum Gasteiger partial charge on any atom is -0.397 e. The van der Waals surface area contributed by atoms with Crippen LogP contribution in [0, 0.1) is 11.3 Å². The fourth-order valence-electron chi connectivity index (χ4n) is 1.77. The summed E-state index contributed by atoms with van der Waals surface area (Å²) in [7, 11) is 0. The van der Waals surface area contributed by atoms with Crippen LogP contribution in [0.15, 0.2) is 23.1 Å². The van der Waals surface area contributed by atoms with Crippen molar-refractivity contribution in [3.63, 3.8) is 0 Å². The van der Waals surface area contributed by atoms with E-state index in [4.69, 9.17) is 15.7 Å². The molecular formula is C12H14N2OS. The SMILES string of the molecule is CC1OCCC1Sc1cccc(C#N)c1N. The minimum absolute atomic E-state index is 0.259. The molecule has 0 amide bonds. The zero-order valence-electron chi connectivity index (χ0n) is 9.14. The molecule has 1 aromatic carbocycles. The van der Waals surface area contributed by atoms with Gasteiger partial charge in [-0.1, -0.05) is 6.07 Å². The van der Waals surface area contributed by atoms with Gasteiger partial charge in [-0.25, -0.2) is 0 Å². The number of nitrogen functional groups attached to an aromatic ring is 1. The molecule has 2 atom stereocenters. The van der Waals surface area contributed by atoms with E-state index in [0.29, 0.717) is 16.5 Å². The molecule has 1 aromatic rings. The standard InChI is InChI=1S/C12H14N2OS/c1-8-10(5-6-15-8)16-11-4-2-3-9(7-13)12(11)14/h2-4,8,10H,5-6,14H2,1H3. The minimum atomic E-state index is 0.259. The van der Waals surface area contributed by atoms with Gasteiger partial charge < -0.3 is 10.5 Å². The maximum absolute atomic E-state index is 8.89. The maximum atomic E-state index is 8.89. The Hall–Kier alpha value is -1.18. The maximum Gasteiger partial charge on any atom is 0.101 e. The second kappa shape index (κ2) is 4.77. The van der Waals surface area contributed by atoms with E-state index in [1.165, 1.54) is 0 Å². The van der Waals surface area contributed by atoms with Crippen molar-refractivity contribution in [2.24, 2.45) is 0 Å². The van der Waals surface area contributed by atoms with Gasteiger partial charge in [0.2, 0.25) is 0 Å². The molecule has 1 heterocycles. The highest BCUT2D eigenvalue weighted by Crippen LogP contribution is 2.36. The second-order valence-electron chi connectivity index (χ2n) is 3.85. The Morgan fingerprint density at radius 3 is 3.00 bits per heavy atom. The van der Waals surface area contributed by atoms with Crippen molar-refractivity contribution >= 4 is 17.4 Å². The van der Waals surface area contributed by atoms with E-state index < -0.39 is 0 Å². The molecule has 0 bridgehead atoms. The first kappa shape index (κ1) is 11.3. The van der Waals surface area contributed by atoms with E-state index in [1.54, 1.807) is 17.8 Å². The fraction of sp³-hybridized carbons (Fsp3) is 0.417. The van der Waals surface area contributed by atoms with Crippen LogP contribution in [-0.4, -0.2) is 18.0 Å². The number of para-hydroxylation sites is 1. The van der Waals surface area contributed by atoms with E-state index in [-0.39, 0.29) is 6.10 Å². The fourth-order valence-corrected chi connectivity index (χ4v) is 2.98. The number of nitrogens with two attached hydrogens (primary N) is 1. The van der Waals surface area contributed by atoms with Gasteiger partial charge in [0.25, 0.3) is 0 Å². The summed E-state index contributed by atoms with van der Waals surface area (Å²) in [5, 5.41) is 9.33. The predicted octanol–water partition coefficient (Wildman–Crippen LogP) is 2.41. The molecule has 2 unspecified atom stereocenters. The third-order valence-corrected chi connectivity index (χ3v) is 4.30. The van der Waals surface area contributed by atoms with Gasteiger partial charge in [-0.15, -0.1) is 11.8 Å². The zero-order valence-corrected chi connectivity index (χ0v) is 9.96. The number of anilines is 1. The topological polar surface area (TPSA) is 59.0 Å². The monoisotopic (exact) mass is 234 g/mol. The highest BCUT2D eigenvalue weighted by molar-refractivity contribution is 8.00. The molecule has 1 fully saturated rings. The molecule has 0 saturated carbocycles. The molecule has 2 rings (SSSR count). The van der Waals surface area contributed by atoms with Crippen LogP contribution in [0.4, 0.5) is 5.69 Å². The van der Waals surface area contributed by atoms with Crippen LogP contribution < -0.4 is 5.73 Å². The average Bonchev–Trinajstić information content (AvgIpc) is 2.68. The largest absolute Gasteiger partial charge is 0.397 e. The van der Waals surface area contributed by atoms with E-state index in [9.17, 15) is 0 Å².